The zero-order chi connectivity index (χ0) is 23.5. The number of fused-ring (bicyclic) bond motifs is 1. The molecular formula is C24H22N4O4S. The largest absolute Gasteiger partial charge is 0.497 e. The summed E-state index contributed by atoms with van der Waals surface area (Å²) in [5, 5.41) is 10.1. The van der Waals surface area contributed by atoms with Gasteiger partial charge in [0, 0.05) is 11.1 Å². The molecule has 168 valence electrons. The molecule has 0 saturated carbocycles. The van der Waals surface area contributed by atoms with E-state index in [2.05, 4.69) is 6.07 Å². The van der Waals surface area contributed by atoms with Gasteiger partial charge in [0.25, 0.3) is 0 Å². The number of ether oxygens (including phenoxy) is 3. The van der Waals surface area contributed by atoms with Gasteiger partial charge in [0.2, 0.25) is 0 Å². The number of carbonyl (C=O) groups excluding carboxylic acids is 1. The fourth-order valence-electron chi connectivity index (χ4n) is 3.81. The number of benzene rings is 2. The molecule has 2 aliphatic rings. The smallest absolute Gasteiger partial charge is 0.338 e. The maximum Gasteiger partial charge on any atom is 0.338 e. The second-order valence-corrected chi connectivity index (χ2v) is 8.03. The van der Waals surface area contributed by atoms with Crippen LogP contribution in [0.15, 0.2) is 69.8 Å². The lowest BCUT2D eigenvalue weighted by Gasteiger charge is -2.36. The number of nitrogens with two attached hydrogens (primary N) is 1. The SMILES string of the molecule is CCOC(=O)C1=C(c2ccccc2)N=C2SC(C#N)=C(N)N2[C@@H]1c1cc(OC)ccc1OC. The molecule has 33 heavy (non-hydrogen) atoms. The zero-order valence-corrected chi connectivity index (χ0v) is 19.2. The number of hydrogen-bond donors (Lipinski definition) is 1. The topological polar surface area (TPSA) is 110 Å². The van der Waals surface area contributed by atoms with E-state index in [-0.39, 0.29) is 12.4 Å². The van der Waals surface area contributed by atoms with E-state index in [1.807, 2.05) is 30.3 Å². The average molecular weight is 463 g/mol. The molecular weight excluding hydrogens is 440 g/mol. The Morgan fingerprint density at radius 2 is 1.97 bits per heavy atom. The van der Waals surface area contributed by atoms with E-state index in [0.29, 0.717) is 38.4 Å². The first-order chi connectivity index (χ1) is 16.0. The normalized spacial score (nSPS) is 17.3. The summed E-state index contributed by atoms with van der Waals surface area (Å²) in [5.74, 6) is 0.788. The Labute approximate surface area is 195 Å². The predicted molar refractivity (Wildman–Crippen MR) is 126 cm³/mol. The van der Waals surface area contributed by atoms with Gasteiger partial charge in [-0.1, -0.05) is 30.3 Å². The zero-order valence-electron chi connectivity index (χ0n) is 18.4. The van der Waals surface area contributed by atoms with Gasteiger partial charge in [-0.05, 0) is 36.9 Å². The highest BCUT2D eigenvalue weighted by Crippen LogP contribution is 2.49. The number of nitriles is 1. The summed E-state index contributed by atoms with van der Waals surface area (Å²) >= 11 is 1.16. The van der Waals surface area contributed by atoms with E-state index in [1.54, 1.807) is 44.2 Å². The number of methoxy groups -OCH3 is 2. The van der Waals surface area contributed by atoms with Gasteiger partial charge in [-0.2, -0.15) is 5.26 Å². The third-order valence-electron chi connectivity index (χ3n) is 5.26. The quantitative estimate of drug-likeness (QED) is 0.646. The van der Waals surface area contributed by atoms with Crippen molar-refractivity contribution in [2.45, 2.75) is 13.0 Å². The van der Waals surface area contributed by atoms with Gasteiger partial charge < -0.3 is 19.9 Å². The van der Waals surface area contributed by atoms with Crippen molar-refractivity contribution in [1.29, 1.82) is 5.26 Å². The van der Waals surface area contributed by atoms with Crippen molar-refractivity contribution >= 4 is 28.6 Å². The van der Waals surface area contributed by atoms with Crippen molar-refractivity contribution in [3.8, 4) is 17.6 Å². The average Bonchev–Trinajstić information content (AvgIpc) is 3.18. The van der Waals surface area contributed by atoms with Crippen LogP contribution in [0, 0.1) is 11.3 Å². The van der Waals surface area contributed by atoms with E-state index < -0.39 is 12.0 Å². The number of allylic oxidation sites excluding steroid dienone is 1. The minimum absolute atomic E-state index is 0.187. The van der Waals surface area contributed by atoms with Crippen LogP contribution < -0.4 is 15.2 Å². The molecule has 2 aromatic carbocycles. The summed E-state index contributed by atoms with van der Waals surface area (Å²) in [6.07, 6.45) is 0. The van der Waals surface area contributed by atoms with Crippen molar-refractivity contribution in [3.05, 3.63) is 76.0 Å². The molecule has 2 aliphatic heterocycles. The molecule has 0 aromatic heterocycles. The Morgan fingerprint density at radius 3 is 2.61 bits per heavy atom. The number of aliphatic imine (C=N–C) groups is 1. The molecule has 0 amide bonds. The van der Waals surface area contributed by atoms with Crippen LogP contribution in [0.5, 0.6) is 11.5 Å². The van der Waals surface area contributed by atoms with Gasteiger partial charge in [-0.3, -0.25) is 4.90 Å². The lowest BCUT2D eigenvalue weighted by molar-refractivity contribution is -0.139. The number of amidine groups is 1. The molecule has 0 spiro atoms. The lowest BCUT2D eigenvalue weighted by atomic mass is 9.91. The van der Waals surface area contributed by atoms with Crippen LogP contribution in [0.25, 0.3) is 5.70 Å². The first kappa shape index (κ1) is 22.3. The van der Waals surface area contributed by atoms with E-state index in [0.717, 1.165) is 17.3 Å². The molecule has 2 heterocycles. The highest BCUT2D eigenvalue weighted by molar-refractivity contribution is 8.17. The van der Waals surface area contributed by atoms with Crippen LogP contribution in [-0.2, 0) is 9.53 Å². The summed E-state index contributed by atoms with van der Waals surface area (Å²) < 4.78 is 16.5. The molecule has 1 atom stereocenters. The van der Waals surface area contributed by atoms with Crippen LogP contribution in [0.4, 0.5) is 0 Å². The number of esters is 1. The van der Waals surface area contributed by atoms with Crippen LogP contribution in [0.1, 0.15) is 24.1 Å². The molecule has 0 fully saturated rings. The van der Waals surface area contributed by atoms with Gasteiger partial charge in [-0.25, -0.2) is 9.79 Å². The standard InChI is InChI=1S/C24H22N4O4S/c1-4-32-23(29)19-20(14-8-6-5-7-9-14)27-24-28(22(26)18(13-25)33-24)21(19)16-12-15(30-2)10-11-17(16)31-3/h5-12,21H,4,26H2,1-3H3/t21-/m1/s1. The summed E-state index contributed by atoms with van der Waals surface area (Å²) in [7, 11) is 3.11. The van der Waals surface area contributed by atoms with Crippen LogP contribution in [0.3, 0.4) is 0 Å². The fourth-order valence-corrected chi connectivity index (χ4v) is 4.68. The predicted octanol–water partition coefficient (Wildman–Crippen LogP) is 3.79. The van der Waals surface area contributed by atoms with Crippen molar-refractivity contribution in [2.24, 2.45) is 10.7 Å². The fraction of sp³-hybridized carbons (Fsp3) is 0.208. The van der Waals surface area contributed by atoms with Gasteiger partial charge in [0.15, 0.2) is 5.17 Å². The van der Waals surface area contributed by atoms with E-state index in [1.165, 1.54) is 0 Å². The van der Waals surface area contributed by atoms with Crippen molar-refractivity contribution in [3.63, 3.8) is 0 Å². The first-order valence-corrected chi connectivity index (χ1v) is 11.0. The Hall–Kier alpha value is -3.90. The second-order valence-electron chi connectivity index (χ2n) is 7.05. The Morgan fingerprint density at radius 1 is 1.21 bits per heavy atom. The number of carbonyl (C=O) groups is 1. The first-order valence-electron chi connectivity index (χ1n) is 10.2. The van der Waals surface area contributed by atoms with Crippen molar-refractivity contribution < 1.29 is 19.0 Å². The van der Waals surface area contributed by atoms with Gasteiger partial charge in [0.1, 0.15) is 34.3 Å². The molecule has 0 unspecified atom stereocenters. The van der Waals surface area contributed by atoms with Gasteiger partial charge in [0.05, 0.1) is 32.1 Å². The maximum absolute atomic E-state index is 13.4. The van der Waals surface area contributed by atoms with Crippen LogP contribution in [-0.4, -0.2) is 36.9 Å². The highest BCUT2D eigenvalue weighted by Gasteiger charge is 2.45. The van der Waals surface area contributed by atoms with Gasteiger partial charge in [-0.15, -0.1) is 0 Å². The van der Waals surface area contributed by atoms with Crippen molar-refractivity contribution in [2.75, 3.05) is 20.8 Å². The van der Waals surface area contributed by atoms with Crippen LogP contribution in [0.2, 0.25) is 0 Å². The third kappa shape index (κ3) is 3.90. The number of thioether (sulfide) groups is 1. The van der Waals surface area contributed by atoms with Gasteiger partial charge >= 0.3 is 5.97 Å². The monoisotopic (exact) mass is 462 g/mol. The summed E-state index contributed by atoms with van der Waals surface area (Å²) in [4.78, 5) is 20.1. The molecule has 8 nitrogen and oxygen atoms in total. The summed E-state index contributed by atoms with van der Waals surface area (Å²) in [6, 6.07) is 16.1. The molecule has 0 bridgehead atoms. The van der Waals surface area contributed by atoms with Crippen LogP contribution >= 0.6 is 11.8 Å². The minimum atomic E-state index is -0.754. The Bertz CT molecular complexity index is 1230. The Kier molecular flexibility index (Phi) is 6.29. The number of nitrogens with zero attached hydrogens (tertiary/aromatic N) is 3. The molecule has 9 heteroatoms. The maximum atomic E-state index is 13.4. The number of rotatable bonds is 6. The minimum Gasteiger partial charge on any atom is -0.497 e. The molecule has 4 rings (SSSR count). The summed E-state index contributed by atoms with van der Waals surface area (Å²) in [5.41, 5.74) is 8.50. The highest BCUT2D eigenvalue weighted by atomic mass is 32.2. The molecule has 2 aromatic rings. The van der Waals surface area contributed by atoms with E-state index in [4.69, 9.17) is 24.9 Å². The van der Waals surface area contributed by atoms with E-state index >= 15 is 0 Å². The van der Waals surface area contributed by atoms with Crippen molar-refractivity contribution in [1.82, 2.24) is 4.90 Å². The Balaban J connectivity index is 2.06. The van der Waals surface area contributed by atoms with E-state index in [9.17, 15) is 10.1 Å². The lowest BCUT2D eigenvalue weighted by Crippen LogP contribution is -2.39. The molecule has 2 N–H and O–H groups in total. The summed E-state index contributed by atoms with van der Waals surface area (Å²) in [6.45, 7) is 1.93. The molecule has 0 aliphatic carbocycles. The third-order valence-corrected chi connectivity index (χ3v) is 6.24. The molecule has 0 radical (unpaired) electrons. The second kappa shape index (κ2) is 9.30. The molecule has 0 saturated heterocycles. The number of hydrogen-bond acceptors (Lipinski definition) is 9.